The molecule has 84 valence electrons. The van der Waals surface area contributed by atoms with Crippen molar-refractivity contribution < 1.29 is 18.0 Å². The van der Waals surface area contributed by atoms with Crippen LogP contribution in [0, 0.1) is 0 Å². The SMILES string of the molecule is O=Cc1nc2c(SC(F)(F)F)cccc2[nH]1. The number of rotatable bonds is 2. The van der Waals surface area contributed by atoms with Crippen LogP contribution in [0.3, 0.4) is 0 Å². The van der Waals surface area contributed by atoms with Gasteiger partial charge in [-0.15, -0.1) is 0 Å². The van der Waals surface area contributed by atoms with Gasteiger partial charge in [0.15, 0.2) is 12.1 Å². The van der Waals surface area contributed by atoms with Crippen LogP contribution >= 0.6 is 11.8 Å². The lowest BCUT2D eigenvalue weighted by molar-refractivity contribution is -0.0327. The Hall–Kier alpha value is -1.50. The molecule has 0 saturated carbocycles. The third-order valence-corrected chi connectivity index (χ3v) is 2.61. The molecular formula is C9H5F3N2OS. The predicted molar refractivity (Wildman–Crippen MR) is 53.4 cm³/mol. The fourth-order valence-electron chi connectivity index (χ4n) is 1.29. The first kappa shape index (κ1) is 11.0. The number of aldehydes is 1. The number of fused-ring (bicyclic) bond motifs is 1. The van der Waals surface area contributed by atoms with Crippen molar-refractivity contribution in [2.24, 2.45) is 0 Å². The topological polar surface area (TPSA) is 45.8 Å². The predicted octanol–water partition coefficient (Wildman–Crippen LogP) is 2.99. The molecule has 0 radical (unpaired) electrons. The molecule has 1 aromatic heterocycles. The van der Waals surface area contributed by atoms with Gasteiger partial charge in [0.2, 0.25) is 0 Å². The Balaban J connectivity index is 2.52. The van der Waals surface area contributed by atoms with E-state index in [0.29, 0.717) is 11.8 Å². The zero-order chi connectivity index (χ0) is 11.8. The third kappa shape index (κ3) is 2.19. The van der Waals surface area contributed by atoms with Gasteiger partial charge in [-0.25, -0.2) is 4.98 Å². The third-order valence-electron chi connectivity index (χ3n) is 1.83. The Morgan fingerprint density at radius 2 is 2.12 bits per heavy atom. The van der Waals surface area contributed by atoms with Crippen molar-refractivity contribution in [3.8, 4) is 0 Å². The molecule has 0 aliphatic rings. The van der Waals surface area contributed by atoms with Gasteiger partial charge in [-0.05, 0) is 23.9 Å². The summed E-state index contributed by atoms with van der Waals surface area (Å²) in [5.74, 6) is 0.0187. The lowest BCUT2D eigenvalue weighted by Gasteiger charge is -2.05. The number of carbonyl (C=O) groups excluding carboxylic acids is 1. The minimum atomic E-state index is -4.37. The average Bonchev–Trinajstić information content (AvgIpc) is 2.59. The number of carbonyl (C=O) groups is 1. The number of alkyl halides is 3. The molecule has 0 bridgehead atoms. The second-order valence-corrected chi connectivity index (χ2v) is 4.05. The summed E-state index contributed by atoms with van der Waals surface area (Å²) in [7, 11) is 0. The average molecular weight is 246 g/mol. The quantitative estimate of drug-likeness (QED) is 0.654. The summed E-state index contributed by atoms with van der Waals surface area (Å²) in [6.45, 7) is 0. The van der Waals surface area contributed by atoms with E-state index in [4.69, 9.17) is 0 Å². The van der Waals surface area contributed by atoms with Crippen LogP contribution in [-0.4, -0.2) is 21.8 Å². The van der Waals surface area contributed by atoms with Gasteiger partial charge in [0.25, 0.3) is 0 Å². The Labute approximate surface area is 92.1 Å². The maximum atomic E-state index is 12.2. The van der Waals surface area contributed by atoms with Crippen molar-refractivity contribution >= 4 is 29.1 Å². The van der Waals surface area contributed by atoms with Crippen molar-refractivity contribution in [3.05, 3.63) is 24.0 Å². The van der Waals surface area contributed by atoms with Gasteiger partial charge in [0.05, 0.1) is 5.52 Å². The number of imidazole rings is 1. The first-order chi connectivity index (χ1) is 7.49. The van der Waals surface area contributed by atoms with Gasteiger partial charge in [0.1, 0.15) is 5.52 Å². The summed E-state index contributed by atoms with van der Waals surface area (Å²) in [5.41, 5.74) is -3.79. The molecule has 2 aromatic rings. The number of halogens is 3. The molecule has 0 unspecified atom stereocenters. The van der Waals surface area contributed by atoms with E-state index < -0.39 is 5.51 Å². The zero-order valence-corrected chi connectivity index (χ0v) is 8.52. The summed E-state index contributed by atoms with van der Waals surface area (Å²) in [6.07, 6.45) is 0.460. The highest BCUT2D eigenvalue weighted by Crippen LogP contribution is 2.39. The highest BCUT2D eigenvalue weighted by atomic mass is 32.2. The van der Waals surface area contributed by atoms with Gasteiger partial charge in [-0.3, -0.25) is 4.79 Å². The standard InChI is InChI=1S/C9H5F3N2OS/c10-9(11,12)16-6-3-1-2-5-8(6)14-7(4-15)13-5/h1-4H,(H,13,14). The highest BCUT2D eigenvalue weighted by molar-refractivity contribution is 8.00. The minimum absolute atomic E-state index is 0.0187. The molecule has 0 atom stereocenters. The van der Waals surface area contributed by atoms with Gasteiger partial charge >= 0.3 is 5.51 Å². The molecule has 16 heavy (non-hydrogen) atoms. The number of benzene rings is 1. The van der Waals surface area contributed by atoms with E-state index in [1.165, 1.54) is 12.1 Å². The van der Waals surface area contributed by atoms with E-state index >= 15 is 0 Å². The second kappa shape index (κ2) is 3.82. The molecule has 7 heteroatoms. The van der Waals surface area contributed by atoms with Crippen molar-refractivity contribution in [1.82, 2.24) is 9.97 Å². The number of nitrogens with zero attached hydrogens (tertiary/aromatic N) is 1. The molecule has 1 aromatic carbocycles. The summed E-state index contributed by atoms with van der Waals surface area (Å²) < 4.78 is 36.6. The van der Waals surface area contributed by atoms with Crippen molar-refractivity contribution in [2.45, 2.75) is 10.4 Å². The minimum Gasteiger partial charge on any atom is -0.336 e. The van der Waals surface area contributed by atoms with Crippen molar-refractivity contribution in [2.75, 3.05) is 0 Å². The molecule has 0 aliphatic heterocycles. The lowest BCUT2D eigenvalue weighted by Crippen LogP contribution is -1.99. The molecule has 1 heterocycles. The monoisotopic (exact) mass is 246 g/mol. The fourth-order valence-corrected chi connectivity index (χ4v) is 1.94. The number of aromatic amines is 1. The van der Waals surface area contributed by atoms with Crippen molar-refractivity contribution in [3.63, 3.8) is 0 Å². The number of aromatic nitrogens is 2. The van der Waals surface area contributed by atoms with Crippen LogP contribution in [0.4, 0.5) is 13.2 Å². The van der Waals surface area contributed by atoms with Gasteiger partial charge in [-0.2, -0.15) is 13.2 Å². The van der Waals surface area contributed by atoms with Gasteiger partial charge in [0, 0.05) is 4.90 Å². The number of H-pyrrole nitrogens is 1. The zero-order valence-electron chi connectivity index (χ0n) is 7.71. The molecule has 2 rings (SSSR count). The summed E-state index contributed by atoms with van der Waals surface area (Å²) in [4.78, 5) is 16.8. The maximum Gasteiger partial charge on any atom is 0.446 e. The summed E-state index contributed by atoms with van der Waals surface area (Å²) in [5, 5.41) is 0. The Bertz CT molecular complexity index is 535. The van der Waals surface area contributed by atoms with Crippen LogP contribution in [0.25, 0.3) is 11.0 Å². The number of hydrogen-bond donors (Lipinski definition) is 1. The van der Waals surface area contributed by atoms with E-state index in [-0.39, 0.29) is 28.0 Å². The van der Waals surface area contributed by atoms with Crippen LogP contribution in [-0.2, 0) is 0 Å². The van der Waals surface area contributed by atoms with E-state index in [2.05, 4.69) is 9.97 Å². The molecular weight excluding hydrogens is 241 g/mol. The fraction of sp³-hybridized carbons (Fsp3) is 0.111. The molecule has 1 N–H and O–H groups in total. The number of nitrogens with one attached hydrogen (secondary N) is 1. The molecule has 0 saturated heterocycles. The first-order valence-electron chi connectivity index (χ1n) is 4.19. The molecule has 0 fully saturated rings. The van der Waals surface area contributed by atoms with E-state index in [0.717, 1.165) is 0 Å². The Kier molecular flexibility index (Phi) is 2.63. The smallest absolute Gasteiger partial charge is 0.336 e. The largest absolute Gasteiger partial charge is 0.446 e. The number of thioether (sulfide) groups is 1. The Morgan fingerprint density at radius 3 is 2.75 bits per heavy atom. The van der Waals surface area contributed by atoms with Gasteiger partial charge in [-0.1, -0.05) is 6.07 Å². The Morgan fingerprint density at radius 1 is 1.38 bits per heavy atom. The lowest BCUT2D eigenvalue weighted by atomic mass is 10.3. The van der Waals surface area contributed by atoms with Crippen LogP contribution in [0.5, 0.6) is 0 Å². The van der Waals surface area contributed by atoms with Crippen molar-refractivity contribution in [1.29, 1.82) is 0 Å². The molecule has 3 nitrogen and oxygen atoms in total. The van der Waals surface area contributed by atoms with Gasteiger partial charge < -0.3 is 4.98 Å². The summed E-state index contributed by atoms with van der Waals surface area (Å²) in [6, 6.07) is 4.36. The number of hydrogen-bond acceptors (Lipinski definition) is 3. The second-order valence-electron chi connectivity index (χ2n) is 2.94. The van der Waals surface area contributed by atoms with E-state index in [1.807, 2.05) is 0 Å². The van der Waals surface area contributed by atoms with Crippen LogP contribution in [0.1, 0.15) is 10.6 Å². The molecule has 0 aliphatic carbocycles. The number of para-hydroxylation sites is 1. The maximum absolute atomic E-state index is 12.2. The normalized spacial score (nSPS) is 11.9. The molecule has 0 spiro atoms. The van der Waals surface area contributed by atoms with E-state index in [9.17, 15) is 18.0 Å². The van der Waals surface area contributed by atoms with Crippen LogP contribution in [0.2, 0.25) is 0 Å². The molecule has 0 amide bonds. The first-order valence-corrected chi connectivity index (χ1v) is 5.01. The highest BCUT2D eigenvalue weighted by Gasteiger charge is 2.30. The summed E-state index contributed by atoms with van der Waals surface area (Å²) >= 11 is -0.244. The van der Waals surface area contributed by atoms with Crippen LogP contribution < -0.4 is 0 Å². The van der Waals surface area contributed by atoms with E-state index in [1.54, 1.807) is 6.07 Å². The van der Waals surface area contributed by atoms with Crippen LogP contribution in [0.15, 0.2) is 23.1 Å².